The third kappa shape index (κ3) is 7.88. The van der Waals surface area contributed by atoms with E-state index in [9.17, 15) is 19.2 Å². The lowest BCUT2D eigenvalue weighted by atomic mass is 10.0. The molecule has 13 nitrogen and oxygen atoms in total. The smallest absolute Gasteiger partial charge is 0.407 e. The van der Waals surface area contributed by atoms with E-state index in [0.717, 1.165) is 81.0 Å². The molecular weight excluding hydrogens is 769 g/mol. The number of rotatable bonds is 8. The van der Waals surface area contributed by atoms with Gasteiger partial charge in [-0.25, -0.2) is 14.8 Å². The van der Waals surface area contributed by atoms with Crippen molar-refractivity contribution in [3.05, 3.63) is 143 Å². The molecule has 2 fully saturated rings. The van der Waals surface area contributed by atoms with Crippen molar-refractivity contribution in [2.45, 2.75) is 56.8 Å². The van der Waals surface area contributed by atoms with E-state index in [4.69, 9.17) is 14.7 Å². The summed E-state index contributed by atoms with van der Waals surface area (Å²) in [6.07, 6.45) is 2.46. The van der Waals surface area contributed by atoms with Gasteiger partial charge in [-0.2, -0.15) is 0 Å². The first-order chi connectivity index (χ1) is 29.7. The molecule has 61 heavy (non-hydrogen) atoms. The van der Waals surface area contributed by atoms with Crippen LogP contribution in [0.1, 0.15) is 90.7 Å². The van der Waals surface area contributed by atoms with E-state index in [1.165, 1.54) is 14.0 Å². The molecule has 1 unspecified atom stereocenters. The van der Waals surface area contributed by atoms with E-state index in [2.05, 4.69) is 38.5 Å². The highest BCUT2D eigenvalue weighted by Crippen LogP contribution is 2.36. The van der Waals surface area contributed by atoms with Crippen LogP contribution in [0, 0.1) is 11.8 Å². The van der Waals surface area contributed by atoms with Crippen molar-refractivity contribution in [1.82, 2.24) is 40.4 Å². The van der Waals surface area contributed by atoms with Gasteiger partial charge in [0.1, 0.15) is 23.7 Å². The van der Waals surface area contributed by atoms with Crippen LogP contribution in [-0.2, 0) is 19.1 Å². The summed E-state index contributed by atoms with van der Waals surface area (Å²) in [5, 5.41) is 7.54. The van der Waals surface area contributed by atoms with Crippen molar-refractivity contribution in [3.63, 3.8) is 0 Å². The lowest BCUT2D eigenvalue weighted by Gasteiger charge is -2.28. The van der Waals surface area contributed by atoms with Crippen molar-refractivity contribution >= 4 is 56.7 Å². The Kier molecular flexibility index (Phi) is 10.7. The van der Waals surface area contributed by atoms with Crippen LogP contribution in [0.5, 0.6) is 0 Å². The summed E-state index contributed by atoms with van der Waals surface area (Å²) >= 11 is 0. The molecule has 306 valence electrons. The van der Waals surface area contributed by atoms with E-state index >= 15 is 0 Å². The molecule has 2 aliphatic heterocycles. The van der Waals surface area contributed by atoms with Crippen molar-refractivity contribution in [2.24, 2.45) is 0 Å². The number of imidazole rings is 2. The molecule has 0 spiro atoms. The van der Waals surface area contributed by atoms with Crippen LogP contribution in [0.25, 0.3) is 32.8 Å². The Morgan fingerprint density at radius 3 is 1.89 bits per heavy atom. The predicted molar refractivity (Wildman–Crippen MR) is 231 cm³/mol. The SMILES string of the molecule is COC(=O)NC(C(=O)N1CCC[C@H]1c1nc2ccc(C#Cc3ccc4c(ccc5[nH]c([C@@H]6CCCN6C(=O)[C@@H](NC(C)=O)c6ccccc6)nc54)c3)cc2[nH]1)c1ccccc1. The summed E-state index contributed by atoms with van der Waals surface area (Å²) in [6.45, 7) is 2.54. The molecule has 0 aliphatic carbocycles. The number of H-pyrrole nitrogens is 2. The number of carbonyl (C=O) groups is 4. The lowest BCUT2D eigenvalue weighted by molar-refractivity contribution is -0.137. The zero-order chi connectivity index (χ0) is 42.0. The number of hydrogen-bond donors (Lipinski definition) is 4. The highest BCUT2D eigenvalue weighted by Gasteiger charge is 2.38. The zero-order valence-electron chi connectivity index (χ0n) is 33.8. The molecule has 0 bridgehead atoms. The maximum Gasteiger partial charge on any atom is 0.407 e. The molecule has 0 saturated carbocycles. The standard InChI is InChI=1S/C48H44N8O5/c1-29(57)49-41(32-11-5-3-6-12-32)46(58)56-26-10-16-40(56)45-51-37-24-21-34-27-30(19-22-35(34)43(37)53-45)17-18-31-20-23-36-38(28-31)52-44(50-36)39-15-9-25-55(39)47(59)42(54-48(60)61-2)33-13-7-4-8-14-33/h3-8,11-14,19-24,27-28,39-42H,9-10,15-16,25-26H2,1-2H3,(H,49,57)(H,50,52)(H,51,53)(H,54,60)/t39-,40-,41-,42?/m0/s1. The quantitative estimate of drug-likeness (QED) is 0.117. The Hall–Kier alpha value is -7.46. The third-order valence-electron chi connectivity index (χ3n) is 11.6. The summed E-state index contributed by atoms with van der Waals surface area (Å²) in [5.74, 6) is 7.40. The average Bonchev–Trinajstić information content (AvgIpc) is 4.12. The molecule has 13 heteroatoms. The zero-order valence-corrected chi connectivity index (χ0v) is 33.8. The number of alkyl carbamates (subject to hydrolysis) is 1. The average molecular weight is 813 g/mol. The van der Waals surface area contributed by atoms with Gasteiger partial charge in [0.25, 0.3) is 5.91 Å². The lowest BCUT2D eigenvalue weighted by Crippen LogP contribution is -2.42. The first-order valence-electron chi connectivity index (χ1n) is 20.5. The van der Waals surface area contributed by atoms with Gasteiger partial charge in [-0.1, -0.05) is 84.6 Å². The number of fused-ring (bicyclic) bond motifs is 4. The number of aromatic nitrogens is 4. The maximum atomic E-state index is 14.0. The molecule has 4 amide bonds. The summed E-state index contributed by atoms with van der Waals surface area (Å²) in [7, 11) is 1.28. The number of benzene rings is 5. The molecule has 2 aliphatic rings. The number of nitrogens with one attached hydrogen (secondary N) is 4. The van der Waals surface area contributed by atoms with Gasteiger partial charge in [0, 0.05) is 36.5 Å². The second-order valence-electron chi connectivity index (χ2n) is 15.5. The predicted octanol–water partition coefficient (Wildman–Crippen LogP) is 7.29. The van der Waals surface area contributed by atoms with Gasteiger partial charge in [0.05, 0.1) is 41.3 Å². The minimum Gasteiger partial charge on any atom is -0.453 e. The topological polar surface area (TPSA) is 165 Å². The van der Waals surface area contributed by atoms with Crippen LogP contribution in [-0.4, -0.2) is 73.7 Å². The molecule has 4 heterocycles. The van der Waals surface area contributed by atoms with Crippen LogP contribution < -0.4 is 10.6 Å². The molecule has 0 radical (unpaired) electrons. The van der Waals surface area contributed by atoms with E-state index in [1.807, 2.05) is 108 Å². The molecule has 5 aromatic carbocycles. The van der Waals surface area contributed by atoms with E-state index < -0.39 is 18.2 Å². The minimum atomic E-state index is -0.894. The molecule has 4 atom stereocenters. The monoisotopic (exact) mass is 812 g/mol. The van der Waals surface area contributed by atoms with E-state index in [1.54, 1.807) is 4.90 Å². The highest BCUT2D eigenvalue weighted by atomic mass is 16.5. The molecule has 4 N–H and O–H groups in total. The first kappa shape index (κ1) is 39.0. The summed E-state index contributed by atoms with van der Waals surface area (Å²) in [5.41, 5.74) is 6.37. The number of hydrogen-bond acceptors (Lipinski definition) is 7. The fraction of sp³-hybridized carbons (Fsp3) is 0.250. The van der Waals surface area contributed by atoms with Crippen LogP contribution in [0.15, 0.2) is 109 Å². The van der Waals surface area contributed by atoms with Gasteiger partial charge >= 0.3 is 6.09 Å². The number of ether oxygens (including phenoxy) is 1. The van der Waals surface area contributed by atoms with Crippen LogP contribution >= 0.6 is 0 Å². The minimum absolute atomic E-state index is 0.152. The van der Waals surface area contributed by atoms with E-state index in [0.29, 0.717) is 24.5 Å². The van der Waals surface area contributed by atoms with Crippen molar-refractivity contribution in [1.29, 1.82) is 0 Å². The molecule has 2 aromatic heterocycles. The van der Waals surface area contributed by atoms with Crippen LogP contribution in [0.2, 0.25) is 0 Å². The molecule has 2 saturated heterocycles. The Bertz CT molecular complexity index is 2860. The van der Waals surface area contributed by atoms with Crippen molar-refractivity contribution in [2.75, 3.05) is 20.2 Å². The molecule has 9 rings (SSSR count). The normalized spacial score (nSPS) is 17.2. The highest BCUT2D eigenvalue weighted by molar-refractivity contribution is 6.04. The second-order valence-corrected chi connectivity index (χ2v) is 15.5. The van der Waals surface area contributed by atoms with Gasteiger partial charge < -0.3 is 35.1 Å². The number of likely N-dealkylation sites (tertiary alicyclic amines) is 2. The first-order valence-corrected chi connectivity index (χ1v) is 20.5. The van der Waals surface area contributed by atoms with Gasteiger partial charge in [0.2, 0.25) is 11.8 Å². The van der Waals surface area contributed by atoms with Gasteiger partial charge in [0.15, 0.2) is 0 Å². The largest absolute Gasteiger partial charge is 0.453 e. The van der Waals surface area contributed by atoms with Gasteiger partial charge in [-0.15, -0.1) is 0 Å². The molecule has 7 aromatic rings. The summed E-state index contributed by atoms with van der Waals surface area (Å²) < 4.78 is 4.84. The fourth-order valence-electron chi connectivity index (χ4n) is 8.67. The number of methoxy groups -OCH3 is 1. The van der Waals surface area contributed by atoms with Gasteiger partial charge in [-0.3, -0.25) is 14.4 Å². The second kappa shape index (κ2) is 16.7. The number of aromatic amines is 2. The Labute approximate surface area is 351 Å². The number of amides is 4. The van der Waals surface area contributed by atoms with Crippen molar-refractivity contribution < 1.29 is 23.9 Å². The number of carbonyl (C=O) groups excluding carboxylic acids is 4. The van der Waals surface area contributed by atoms with Crippen LogP contribution in [0.4, 0.5) is 4.79 Å². The summed E-state index contributed by atoms with van der Waals surface area (Å²) in [4.78, 5) is 72.8. The van der Waals surface area contributed by atoms with Crippen molar-refractivity contribution in [3.8, 4) is 11.8 Å². The summed E-state index contributed by atoms with van der Waals surface area (Å²) in [6, 6.07) is 32.3. The fourth-order valence-corrected chi connectivity index (χ4v) is 8.67. The Morgan fingerprint density at radius 2 is 1.26 bits per heavy atom. The Balaban J connectivity index is 0.928. The molecular formula is C48H44N8O5. The van der Waals surface area contributed by atoms with E-state index in [-0.39, 0.29) is 29.8 Å². The third-order valence-corrected chi connectivity index (χ3v) is 11.6. The maximum absolute atomic E-state index is 14.0. The van der Waals surface area contributed by atoms with Gasteiger partial charge in [-0.05, 0) is 78.6 Å². The van der Waals surface area contributed by atoms with Crippen LogP contribution in [0.3, 0.4) is 0 Å². The number of nitrogens with zero attached hydrogens (tertiary/aromatic N) is 4. The Morgan fingerprint density at radius 1 is 0.689 bits per heavy atom.